The van der Waals surface area contributed by atoms with Crippen molar-refractivity contribution < 1.29 is 8.42 Å². The van der Waals surface area contributed by atoms with Crippen LogP contribution in [0.4, 0.5) is 0 Å². The average molecular weight is 403 g/mol. The van der Waals surface area contributed by atoms with Crippen molar-refractivity contribution >= 4 is 26.0 Å². The van der Waals surface area contributed by atoms with Crippen molar-refractivity contribution in [1.82, 2.24) is 9.71 Å². The zero-order valence-corrected chi connectivity index (χ0v) is 15.0. The van der Waals surface area contributed by atoms with Crippen LogP contribution in [0.25, 0.3) is 0 Å². The van der Waals surface area contributed by atoms with Crippen molar-refractivity contribution in [3.8, 4) is 0 Å². The fraction of sp³-hybridized carbons (Fsp3) is 0.0556. The zero-order chi connectivity index (χ0) is 17.0. The first kappa shape index (κ1) is 16.8. The van der Waals surface area contributed by atoms with Crippen LogP contribution in [0.2, 0.25) is 0 Å². The first-order valence-electron chi connectivity index (χ1n) is 7.30. The minimum atomic E-state index is -3.70. The first-order chi connectivity index (χ1) is 11.6. The number of aromatic nitrogens is 1. The van der Waals surface area contributed by atoms with Gasteiger partial charge in [-0.15, -0.1) is 0 Å². The van der Waals surface area contributed by atoms with Gasteiger partial charge in [0.05, 0.1) is 10.9 Å². The van der Waals surface area contributed by atoms with Crippen molar-refractivity contribution in [3.05, 3.63) is 94.7 Å². The van der Waals surface area contributed by atoms with E-state index in [-0.39, 0.29) is 4.90 Å². The van der Waals surface area contributed by atoms with E-state index in [1.165, 1.54) is 0 Å². The van der Waals surface area contributed by atoms with E-state index in [1.54, 1.807) is 48.8 Å². The second-order valence-corrected chi connectivity index (χ2v) is 7.71. The van der Waals surface area contributed by atoms with Crippen LogP contribution < -0.4 is 4.72 Å². The summed E-state index contributed by atoms with van der Waals surface area (Å²) in [7, 11) is -3.70. The summed E-state index contributed by atoms with van der Waals surface area (Å²) in [4.78, 5) is 4.21. The topological polar surface area (TPSA) is 59.1 Å². The van der Waals surface area contributed by atoms with Gasteiger partial charge in [0, 0.05) is 16.9 Å². The molecule has 3 aromatic rings. The average Bonchev–Trinajstić information content (AvgIpc) is 2.61. The van der Waals surface area contributed by atoms with E-state index in [9.17, 15) is 8.42 Å². The molecular formula is C18H15BrN2O2S. The van der Waals surface area contributed by atoms with Crippen molar-refractivity contribution in [2.24, 2.45) is 0 Å². The number of rotatable bonds is 5. The number of benzene rings is 2. The quantitative estimate of drug-likeness (QED) is 0.703. The maximum atomic E-state index is 12.9. The maximum absolute atomic E-state index is 12.9. The molecule has 0 saturated heterocycles. The van der Waals surface area contributed by atoms with Crippen LogP contribution in [0.5, 0.6) is 0 Å². The third kappa shape index (κ3) is 3.72. The molecule has 0 aliphatic heterocycles. The van der Waals surface area contributed by atoms with E-state index in [2.05, 4.69) is 25.6 Å². The van der Waals surface area contributed by atoms with Gasteiger partial charge in [0.15, 0.2) is 0 Å². The summed E-state index contributed by atoms with van der Waals surface area (Å²) in [6.45, 7) is 0. The Morgan fingerprint density at radius 1 is 0.833 bits per heavy atom. The lowest BCUT2D eigenvalue weighted by Gasteiger charge is -2.20. The van der Waals surface area contributed by atoms with Crippen molar-refractivity contribution in [2.75, 3.05) is 0 Å². The molecule has 24 heavy (non-hydrogen) atoms. The minimum absolute atomic E-state index is 0.208. The van der Waals surface area contributed by atoms with E-state index in [0.29, 0.717) is 4.47 Å². The molecule has 1 unspecified atom stereocenters. The molecule has 0 aliphatic carbocycles. The lowest BCUT2D eigenvalue weighted by molar-refractivity contribution is 0.571. The Hall–Kier alpha value is -2.02. The molecule has 1 N–H and O–H groups in total. The van der Waals surface area contributed by atoms with Crippen LogP contribution in [0.3, 0.4) is 0 Å². The molecule has 1 heterocycles. The van der Waals surface area contributed by atoms with Crippen LogP contribution in [-0.2, 0) is 10.0 Å². The standard InChI is InChI=1S/C18H15BrN2O2S/c19-16-8-4-5-9-17(16)24(22,23)21-18(14-6-2-1-3-7-14)15-10-12-20-13-11-15/h1-13,18,21H. The molecule has 0 amide bonds. The number of hydrogen-bond acceptors (Lipinski definition) is 3. The Morgan fingerprint density at radius 2 is 1.42 bits per heavy atom. The molecule has 4 nitrogen and oxygen atoms in total. The first-order valence-corrected chi connectivity index (χ1v) is 9.57. The zero-order valence-electron chi connectivity index (χ0n) is 12.6. The molecule has 0 saturated carbocycles. The fourth-order valence-electron chi connectivity index (χ4n) is 2.41. The van der Waals surface area contributed by atoms with Gasteiger partial charge in [-0.2, -0.15) is 4.72 Å². The molecule has 0 radical (unpaired) electrons. The number of hydrogen-bond donors (Lipinski definition) is 1. The number of halogens is 1. The van der Waals surface area contributed by atoms with Crippen LogP contribution in [0.15, 0.2) is 88.5 Å². The normalized spacial score (nSPS) is 12.7. The van der Waals surface area contributed by atoms with Gasteiger partial charge >= 0.3 is 0 Å². The predicted octanol–water partition coefficient (Wildman–Crippen LogP) is 3.91. The number of sulfonamides is 1. The smallest absolute Gasteiger partial charge is 0.242 e. The van der Waals surface area contributed by atoms with Gasteiger partial charge < -0.3 is 0 Å². The summed E-state index contributed by atoms with van der Waals surface area (Å²) in [5, 5.41) is 0. The number of pyridine rings is 1. The predicted molar refractivity (Wildman–Crippen MR) is 97.0 cm³/mol. The van der Waals surface area contributed by atoms with Crippen molar-refractivity contribution in [1.29, 1.82) is 0 Å². The molecule has 0 bridgehead atoms. The second kappa shape index (κ2) is 7.25. The Bertz CT molecular complexity index is 877. The number of nitrogens with zero attached hydrogens (tertiary/aromatic N) is 1. The summed E-state index contributed by atoms with van der Waals surface area (Å²) in [6.07, 6.45) is 3.30. The Kier molecular flexibility index (Phi) is 5.08. The molecule has 3 rings (SSSR count). The van der Waals surface area contributed by atoms with E-state index >= 15 is 0 Å². The lowest BCUT2D eigenvalue weighted by Crippen LogP contribution is -2.29. The van der Waals surface area contributed by atoms with Crippen LogP contribution in [0.1, 0.15) is 17.2 Å². The molecule has 0 fully saturated rings. The van der Waals surface area contributed by atoms with Gasteiger partial charge in [-0.25, -0.2) is 8.42 Å². The molecule has 6 heteroatoms. The summed E-state index contributed by atoms with van der Waals surface area (Å²) in [5.74, 6) is 0. The third-order valence-corrected chi connectivity index (χ3v) is 6.01. The van der Waals surface area contributed by atoms with Crippen LogP contribution >= 0.6 is 15.9 Å². The maximum Gasteiger partial charge on any atom is 0.242 e. The summed E-state index contributed by atoms with van der Waals surface area (Å²) < 4.78 is 29.0. The van der Waals surface area contributed by atoms with Gasteiger partial charge in [0.1, 0.15) is 0 Å². The van der Waals surface area contributed by atoms with E-state index < -0.39 is 16.1 Å². The molecular weight excluding hydrogens is 388 g/mol. The Morgan fingerprint density at radius 3 is 2.08 bits per heavy atom. The highest BCUT2D eigenvalue weighted by Crippen LogP contribution is 2.27. The highest BCUT2D eigenvalue weighted by atomic mass is 79.9. The van der Waals surface area contributed by atoms with Gasteiger partial charge in [-0.05, 0) is 51.3 Å². The van der Waals surface area contributed by atoms with Gasteiger partial charge in [-0.3, -0.25) is 4.98 Å². The third-order valence-electron chi connectivity index (χ3n) is 3.57. The van der Waals surface area contributed by atoms with Crippen LogP contribution in [0, 0.1) is 0 Å². The SMILES string of the molecule is O=S(=O)(NC(c1ccccc1)c1ccncc1)c1ccccc1Br. The molecule has 1 atom stereocenters. The summed E-state index contributed by atoms with van der Waals surface area (Å²) >= 11 is 3.31. The van der Waals surface area contributed by atoms with Gasteiger partial charge in [0.25, 0.3) is 0 Å². The molecule has 0 aliphatic rings. The molecule has 0 spiro atoms. The van der Waals surface area contributed by atoms with E-state index in [1.807, 2.05) is 30.3 Å². The lowest BCUT2D eigenvalue weighted by atomic mass is 10.0. The monoisotopic (exact) mass is 402 g/mol. The Balaban J connectivity index is 2.03. The van der Waals surface area contributed by atoms with Crippen molar-refractivity contribution in [2.45, 2.75) is 10.9 Å². The summed E-state index contributed by atoms with van der Waals surface area (Å²) in [6, 6.07) is 19.3. The van der Waals surface area contributed by atoms with Crippen LogP contribution in [-0.4, -0.2) is 13.4 Å². The van der Waals surface area contributed by atoms with E-state index in [0.717, 1.165) is 11.1 Å². The Labute approximate surface area is 149 Å². The fourth-order valence-corrected chi connectivity index (χ4v) is 4.63. The molecule has 2 aromatic carbocycles. The second-order valence-electron chi connectivity index (χ2n) is 5.18. The highest BCUT2D eigenvalue weighted by Gasteiger charge is 2.24. The van der Waals surface area contributed by atoms with Gasteiger partial charge in [0.2, 0.25) is 10.0 Å². The van der Waals surface area contributed by atoms with Crippen molar-refractivity contribution in [3.63, 3.8) is 0 Å². The van der Waals surface area contributed by atoms with Gasteiger partial charge in [-0.1, -0.05) is 42.5 Å². The number of nitrogens with one attached hydrogen (secondary N) is 1. The highest BCUT2D eigenvalue weighted by molar-refractivity contribution is 9.10. The minimum Gasteiger partial charge on any atom is -0.265 e. The largest absolute Gasteiger partial charge is 0.265 e. The van der Waals surface area contributed by atoms with E-state index in [4.69, 9.17) is 0 Å². The summed E-state index contributed by atoms with van der Waals surface area (Å²) in [5.41, 5.74) is 1.69. The molecule has 1 aromatic heterocycles. The molecule has 122 valence electrons.